The van der Waals surface area contributed by atoms with Gasteiger partial charge in [0.1, 0.15) is 0 Å². The lowest BCUT2D eigenvalue weighted by Gasteiger charge is -2.02. The van der Waals surface area contributed by atoms with Crippen molar-refractivity contribution in [1.82, 2.24) is 9.78 Å². The van der Waals surface area contributed by atoms with Crippen LogP contribution in [0.15, 0.2) is 17.3 Å². The first-order valence-electron chi connectivity index (χ1n) is 4.38. The molecule has 0 saturated carbocycles. The van der Waals surface area contributed by atoms with Crippen molar-refractivity contribution in [1.29, 1.82) is 0 Å². The van der Waals surface area contributed by atoms with Gasteiger partial charge >= 0.3 is 0 Å². The molecule has 72 valence electrons. The Balaban J connectivity index is 2.56. The van der Waals surface area contributed by atoms with Crippen molar-refractivity contribution in [3.63, 3.8) is 0 Å². The summed E-state index contributed by atoms with van der Waals surface area (Å²) in [7, 11) is 1.89. The molecule has 0 fully saturated rings. The van der Waals surface area contributed by atoms with Gasteiger partial charge in [0, 0.05) is 19.2 Å². The van der Waals surface area contributed by atoms with Crippen LogP contribution < -0.4 is 5.73 Å². The molecular weight excluding hydrogens is 164 g/mol. The molecular formula is C9H16N4. The van der Waals surface area contributed by atoms with E-state index in [-0.39, 0.29) is 0 Å². The molecule has 1 aromatic heterocycles. The lowest BCUT2D eigenvalue weighted by molar-refractivity contribution is 0.740. The van der Waals surface area contributed by atoms with Crippen LogP contribution in [0, 0.1) is 5.92 Å². The second kappa shape index (κ2) is 4.07. The van der Waals surface area contributed by atoms with Gasteiger partial charge in [-0.25, -0.2) is 0 Å². The summed E-state index contributed by atoms with van der Waals surface area (Å²) in [6, 6.07) is 1.94. The van der Waals surface area contributed by atoms with Crippen LogP contribution in [0.5, 0.6) is 0 Å². The number of aryl methyl sites for hydroxylation is 1. The number of hydrogen-bond acceptors (Lipinski definition) is 2. The second-order valence-corrected chi connectivity index (χ2v) is 3.38. The van der Waals surface area contributed by atoms with E-state index in [0.717, 1.165) is 5.69 Å². The van der Waals surface area contributed by atoms with E-state index in [0.29, 0.717) is 18.3 Å². The van der Waals surface area contributed by atoms with Gasteiger partial charge in [0.15, 0.2) is 0 Å². The number of hydrogen-bond donors (Lipinski definition) is 1. The molecule has 0 aliphatic heterocycles. The Morgan fingerprint density at radius 3 is 2.85 bits per heavy atom. The van der Waals surface area contributed by atoms with Gasteiger partial charge < -0.3 is 5.73 Å². The van der Waals surface area contributed by atoms with Crippen LogP contribution in [0.1, 0.15) is 19.5 Å². The van der Waals surface area contributed by atoms with Crippen LogP contribution in [0.4, 0.5) is 0 Å². The summed E-state index contributed by atoms with van der Waals surface area (Å²) in [4.78, 5) is 4.23. The topological polar surface area (TPSA) is 56.2 Å². The predicted molar refractivity (Wildman–Crippen MR) is 53.4 cm³/mol. The van der Waals surface area contributed by atoms with Gasteiger partial charge in [-0.05, 0) is 6.07 Å². The average Bonchev–Trinajstić information content (AvgIpc) is 2.47. The molecule has 0 radical (unpaired) electrons. The zero-order chi connectivity index (χ0) is 9.84. The largest absolute Gasteiger partial charge is 0.387 e. The summed E-state index contributed by atoms with van der Waals surface area (Å²) >= 11 is 0. The number of nitrogens with zero attached hydrogens (tertiary/aromatic N) is 3. The van der Waals surface area contributed by atoms with Crippen LogP contribution in [0.25, 0.3) is 0 Å². The van der Waals surface area contributed by atoms with Gasteiger partial charge in [-0.1, -0.05) is 13.8 Å². The fraction of sp³-hybridized carbons (Fsp3) is 0.556. The molecule has 13 heavy (non-hydrogen) atoms. The Kier molecular flexibility index (Phi) is 3.06. The summed E-state index contributed by atoms with van der Waals surface area (Å²) in [6.45, 7) is 4.62. The maximum absolute atomic E-state index is 5.69. The first-order chi connectivity index (χ1) is 6.09. The van der Waals surface area contributed by atoms with E-state index in [2.05, 4.69) is 10.1 Å². The molecule has 1 heterocycles. The van der Waals surface area contributed by atoms with E-state index in [1.807, 2.05) is 33.2 Å². The minimum atomic E-state index is 0.309. The van der Waals surface area contributed by atoms with Crippen molar-refractivity contribution in [3.05, 3.63) is 18.0 Å². The standard InChI is InChI=1S/C9H16N4/c1-7(2)9(10)11-6-8-4-5-13(3)12-8/h4-5,7H,6H2,1-3H3,(H2,10,11). The van der Waals surface area contributed by atoms with Crippen LogP contribution in [0.2, 0.25) is 0 Å². The Bertz CT molecular complexity index is 298. The highest BCUT2D eigenvalue weighted by Crippen LogP contribution is 1.98. The van der Waals surface area contributed by atoms with E-state index in [1.165, 1.54) is 0 Å². The molecule has 1 aromatic rings. The van der Waals surface area contributed by atoms with Crippen molar-refractivity contribution in [2.24, 2.45) is 23.7 Å². The van der Waals surface area contributed by atoms with Crippen molar-refractivity contribution in [3.8, 4) is 0 Å². The molecule has 0 saturated heterocycles. The summed E-state index contributed by atoms with van der Waals surface area (Å²) in [5.41, 5.74) is 6.64. The first kappa shape index (κ1) is 9.77. The number of amidine groups is 1. The Morgan fingerprint density at radius 2 is 2.38 bits per heavy atom. The quantitative estimate of drug-likeness (QED) is 0.555. The van der Waals surface area contributed by atoms with Crippen LogP contribution in [0.3, 0.4) is 0 Å². The maximum Gasteiger partial charge on any atom is 0.0967 e. The number of aromatic nitrogens is 2. The van der Waals surface area contributed by atoms with Crippen LogP contribution in [-0.2, 0) is 13.6 Å². The summed E-state index contributed by atoms with van der Waals surface area (Å²) in [6.07, 6.45) is 1.90. The Hall–Kier alpha value is -1.32. The van der Waals surface area contributed by atoms with Crippen molar-refractivity contribution in [2.75, 3.05) is 0 Å². The molecule has 0 atom stereocenters. The van der Waals surface area contributed by atoms with E-state index in [9.17, 15) is 0 Å². The van der Waals surface area contributed by atoms with E-state index < -0.39 is 0 Å². The van der Waals surface area contributed by atoms with Crippen molar-refractivity contribution < 1.29 is 0 Å². The highest BCUT2D eigenvalue weighted by molar-refractivity contribution is 5.82. The highest BCUT2D eigenvalue weighted by atomic mass is 15.2. The number of nitrogens with two attached hydrogens (primary N) is 1. The second-order valence-electron chi connectivity index (χ2n) is 3.38. The molecule has 4 nitrogen and oxygen atoms in total. The maximum atomic E-state index is 5.69. The number of aliphatic imine (C=N–C) groups is 1. The van der Waals surface area contributed by atoms with E-state index in [1.54, 1.807) is 4.68 Å². The molecule has 0 aliphatic rings. The molecule has 1 rings (SSSR count). The fourth-order valence-corrected chi connectivity index (χ4v) is 0.902. The third-order valence-corrected chi connectivity index (χ3v) is 1.78. The molecule has 0 amide bonds. The SMILES string of the molecule is CC(C)C(N)=NCc1ccn(C)n1. The lowest BCUT2D eigenvalue weighted by Crippen LogP contribution is -2.18. The monoisotopic (exact) mass is 180 g/mol. The highest BCUT2D eigenvalue weighted by Gasteiger charge is 1.99. The van der Waals surface area contributed by atoms with E-state index in [4.69, 9.17) is 5.73 Å². The minimum Gasteiger partial charge on any atom is -0.387 e. The zero-order valence-corrected chi connectivity index (χ0v) is 8.36. The molecule has 0 bridgehead atoms. The normalized spacial score (nSPS) is 12.5. The average molecular weight is 180 g/mol. The molecule has 0 aromatic carbocycles. The Labute approximate surface area is 78.5 Å². The van der Waals surface area contributed by atoms with Crippen LogP contribution in [-0.4, -0.2) is 15.6 Å². The van der Waals surface area contributed by atoms with E-state index >= 15 is 0 Å². The van der Waals surface area contributed by atoms with Gasteiger partial charge in [-0.2, -0.15) is 5.10 Å². The van der Waals surface area contributed by atoms with Gasteiger partial charge in [-0.15, -0.1) is 0 Å². The van der Waals surface area contributed by atoms with Gasteiger partial charge in [0.25, 0.3) is 0 Å². The Morgan fingerprint density at radius 1 is 1.69 bits per heavy atom. The lowest BCUT2D eigenvalue weighted by atomic mass is 10.2. The van der Waals surface area contributed by atoms with Crippen molar-refractivity contribution >= 4 is 5.84 Å². The molecule has 0 aliphatic carbocycles. The summed E-state index contributed by atoms with van der Waals surface area (Å²) in [5, 5.41) is 4.20. The smallest absolute Gasteiger partial charge is 0.0967 e. The van der Waals surface area contributed by atoms with Gasteiger partial charge in [0.05, 0.1) is 18.1 Å². The summed E-state index contributed by atoms with van der Waals surface area (Å²) < 4.78 is 1.76. The van der Waals surface area contributed by atoms with Gasteiger partial charge in [-0.3, -0.25) is 9.67 Å². The fourth-order valence-electron chi connectivity index (χ4n) is 0.902. The third kappa shape index (κ3) is 2.89. The molecule has 0 unspecified atom stereocenters. The molecule has 2 N–H and O–H groups in total. The summed E-state index contributed by atoms with van der Waals surface area (Å²) in [5.74, 6) is 0.995. The van der Waals surface area contributed by atoms with Crippen molar-refractivity contribution in [2.45, 2.75) is 20.4 Å². The predicted octanol–water partition coefficient (Wildman–Crippen LogP) is 0.933. The number of rotatable bonds is 3. The third-order valence-electron chi connectivity index (χ3n) is 1.78. The van der Waals surface area contributed by atoms with Gasteiger partial charge in [0.2, 0.25) is 0 Å². The van der Waals surface area contributed by atoms with Crippen LogP contribution >= 0.6 is 0 Å². The minimum absolute atomic E-state index is 0.309. The first-order valence-corrected chi connectivity index (χ1v) is 4.38. The molecule has 4 heteroatoms. The zero-order valence-electron chi connectivity index (χ0n) is 8.36. The molecule has 0 spiro atoms.